The number of aromatic nitrogens is 1. The summed E-state index contributed by atoms with van der Waals surface area (Å²) in [5, 5.41) is 0.156. The van der Waals surface area contributed by atoms with Crippen LogP contribution in [0.3, 0.4) is 0 Å². The average Bonchev–Trinajstić information content (AvgIpc) is 3.42. The normalized spacial score (nSPS) is 17.0. The van der Waals surface area contributed by atoms with Crippen molar-refractivity contribution in [3.63, 3.8) is 0 Å². The number of hydrogen-bond donors (Lipinski definition) is 0. The van der Waals surface area contributed by atoms with Crippen molar-refractivity contribution in [1.82, 2.24) is 4.98 Å². The lowest BCUT2D eigenvalue weighted by molar-refractivity contribution is -0.0692. The number of methoxy groups -OCH3 is 2. The molecule has 0 aliphatic carbocycles. The fourth-order valence-corrected chi connectivity index (χ4v) is 10.8. The number of rotatable bonds is 21. The molecule has 5 atom stereocenters. The molecule has 0 N–H and O–H groups in total. The largest absolute Gasteiger partial charge is 0.449 e. The Balaban J connectivity index is 3.53. The van der Waals surface area contributed by atoms with Gasteiger partial charge < -0.3 is 27.2 Å². The van der Waals surface area contributed by atoms with Crippen LogP contribution in [0.1, 0.15) is 92.8 Å². The van der Waals surface area contributed by atoms with E-state index in [0.717, 1.165) is 30.2 Å². The van der Waals surface area contributed by atoms with Gasteiger partial charge in [-0.2, -0.15) is 0 Å². The zero-order valence-electron chi connectivity index (χ0n) is 31.9. The van der Waals surface area contributed by atoms with Gasteiger partial charge in [0.05, 0.1) is 18.3 Å². The first-order valence-electron chi connectivity index (χ1n) is 17.1. The number of nitrogens with zero attached hydrogens (tertiary/aromatic N) is 1. The maximum Gasteiger partial charge on any atom is 0.196 e. The predicted octanol–water partition coefficient (Wildman–Crippen LogP) is 9.63. The molecule has 0 amide bonds. The minimum atomic E-state index is -2.02. The number of ether oxygens (including phenoxy) is 2. The Labute approximate surface area is 280 Å². The lowest BCUT2D eigenvalue weighted by Gasteiger charge is -2.47. The van der Waals surface area contributed by atoms with E-state index in [9.17, 15) is 0 Å². The smallest absolute Gasteiger partial charge is 0.196 e. The second-order valence-electron chi connectivity index (χ2n) is 16.0. The standard InChI is InChI=1S/C35H69NO6Si3/c1-18-22-29(37-11)28-26-39-33(36-28)24-32(42-45(19-2,20-3)21-4)35(9,10)31(41-43(13,14)15)23-30(38-12)27(5)25-40-44(16,17)34(6,7)8/h1,26-27,29-32H,19-25H2,2-17H3/t27-,29-,30-,31-,32-/m0/s1. The summed E-state index contributed by atoms with van der Waals surface area (Å²) >= 11 is 0. The summed E-state index contributed by atoms with van der Waals surface area (Å²) in [4.78, 5) is 4.85. The van der Waals surface area contributed by atoms with Crippen molar-refractivity contribution in [1.29, 1.82) is 0 Å². The minimum absolute atomic E-state index is 0.0267. The first-order chi connectivity index (χ1) is 20.7. The van der Waals surface area contributed by atoms with Gasteiger partial charge in [-0.3, -0.25) is 0 Å². The number of terminal acetylenes is 1. The molecule has 1 aromatic rings. The Kier molecular flexibility index (Phi) is 16.5. The van der Waals surface area contributed by atoms with Gasteiger partial charge in [0.25, 0.3) is 0 Å². The van der Waals surface area contributed by atoms with Crippen LogP contribution in [0.15, 0.2) is 10.7 Å². The van der Waals surface area contributed by atoms with Gasteiger partial charge in [0.1, 0.15) is 18.1 Å². The molecular formula is C35H69NO6Si3. The maximum atomic E-state index is 7.35. The lowest BCUT2D eigenvalue weighted by Crippen LogP contribution is -2.54. The molecule has 1 heterocycles. The van der Waals surface area contributed by atoms with Gasteiger partial charge in [-0.15, -0.1) is 12.3 Å². The van der Waals surface area contributed by atoms with Crippen LogP contribution < -0.4 is 0 Å². The van der Waals surface area contributed by atoms with Crippen molar-refractivity contribution in [3.8, 4) is 12.3 Å². The summed E-state index contributed by atoms with van der Waals surface area (Å²) < 4.78 is 38.9. The Morgan fingerprint density at radius 1 is 0.911 bits per heavy atom. The second kappa shape index (κ2) is 17.6. The van der Waals surface area contributed by atoms with Crippen LogP contribution in [0.2, 0.25) is 55.9 Å². The highest BCUT2D eigenvalue weighted by Gasteiger charge is 2.46. The van der Waals surface area contributed by atoms with Crippen LogP contribution in [0.4, 0.5) is 0 Å². The van der Waals surface area contributed by atoms with Crippen molar-refractivity contribution in [3.05, 3.63) is 17.8 Å². The van der Waals surface area contributed by atoms with Gasteiger partial charge in [0.2, 0.25) is 0 Å². The quantitative estimate of drug-likeness (QED) is 0.0944. The molecule has 10 heteroatoms. The molecule has 0 aliphatic rings. The monoisotopic (exact) mass is 683 g/mol. The summed E-state index contributed by atoms with van der Waals surface area (Å²) in [5.74, 6) is 3.53. The molecule has 1 rings (SSSR count). The van der Waals surface area contributed by atoms with Gasteiger partial charge in [-0.25, -0.2) is 4.98 Å². The van der Waals surface area contributed by atoms with E-state index in [4.69, 9.17) is 38.6 Å². The first kappa shape index (κ1) is 42.2. The highest BCUT2D eigenvalue weighted by Crippen LogP contribution is 2.41. The molecule has 0 unspecified atom stereocenters. The zero-order chi connectivity index (χ0) is 34.9. The topological polar surface area (TPSA) is 72.2 Å². The van der Waals surface area contributed by atoms with Crippen LogP contribution in [-0.2, 0) is 29.2 Å². The van der Waals surface area contributed by atoms with E-state index >= 15 is 0 Å². The molecule has 0 saturated heterocycles. The molecule has 7 nitrogen and oxygen atoms in total. The predicted molar refractivity (Wildman–Crippen MR) is 195 cm³/mol. The Hall–Kier alpha value is -0.779. The van der Waals surface area contributed by atoms with Crippen LogP contribution in [0.25, 0.3) is 0 Å². The van der Waals surface area contributed by atoms with E-state index in [2.05, 4.69) is 101 Å². The average molecular weight is 684 g/mol. The van der Waals surface area contributed by atoms with Crippen molar-refractivity contribution < 1.29 is 27.2 Å². The van der Waals surface area contributed by atoms with Crippen molar-refractivity contribution in [2.24, 2.45) is 11.3 Å². The van der Waals surface area contributed by atoms with E-state index in [-0.39, 0.29) is 40.8 Å². The third kappa shape index (κ3) is 12.3. The summed E-state index contributed by atoms with van der Waals surface area (Å²) in [6.45, 7) is 32.6. The first-order valence-corrected chi connectivity index (χ1v) is 25.9. The third-order valence-electron chi connectivity index (χ3n) is 10.2. The third-order valence-corrected chi connectivity index (χ3v) is 20.4. The van der Waals surface area contributed by atoms with Gasteiger partial charge in [-0.1, -0.05) is 62.3 Å². The number of hydrogen-bond acceptors (Lipinski definition) is 7. The molecule has 0 fully saturated rings. The van der Waals surface area contributed by atoms with E-state index in [1.165, 1.54) is 0 Å². The maximum absolute atomic E-state index is 7.35. The molecule has 0 bridgehead atoms. The van der Waals surface area contributed by atoms with Crippen LogP contribution >= 0.6 is 0 Å². The summed E-state index contributed by atoms with van der Waals surface area (Å²) in [6, 6.07) is 3.16. The van der Waals surface area contributed by atoms with Gasteiger partial charge in [-0.05, 0) is 62.3 Å². The molecule has 0 spiro atoms. The van der Waals surface area contributed by atoms with E-state index in [1.807, 2.05) is 7.11 Å². The van der Waals surface area contributed by atoms with Gasteiger partial charge in [0.15, 0.2) is 30.8 Å². The Bertz CT molecular complexity index is 1030. The van der Waals surface area contributed by atoms with Crippen LogP contribution in [-0.4, -0.2) is 69.1 Å². The van der Waals surface area contributed by atoms with Crippen molar-refractivity contribution in [2.75, 3.05) is 20.8 Å². The molecule has 0 saturated carbocycles. The van der Waals surface area contributed by atoms with Crippen molar-refractivity contribution in [2.45, 2.75) is 162 Å². The molecule has 45 heavy (non-hydrogen) atoms. The highest BCUT2D eigenvalue weighted by atomic mass is 28.4. The second-order valence-corrected chi connectivity index (χ2v) is 29.9. The molecule has 0 aromatic carbocycles. The highest BCUT2D eigenvalue weighted by molar-refractivity contribution is 6.74. The Morgan fingerprint density at radius 2 is 1.49 bits per heavy atom. The SMILES string of the molecule is C#CC[C@H](OC)c1coc(C[C@H](O[Si](CC)(CC)CC)C(C)(C)[C@H](C[C@H](OC)[C@@H](C)CO[Si](C)(C)C(C)(C)C)O[Si](C)(C)C)n1. The van der Waals surface area contributed by atoms with Crippen LogP contribution in [0.5, 0.6) is 0 Å². The summed E-state index contributed by atoms with van der Waals surface area (Å²) in [5.41, 5.74) is 0.347. The fourth-order valence-electron chi connectivity index (χ4n) is 5.47. The van der Waals surface area contributed by atoms with E-state index in [1.54, 1.807) is 13.4 Å². The summed E-state index contributed by atoms with van der Waals surface area (Å²) in [7, 11) is -2.40. The molecule has 262 valence electrons. The number of oxazole rings is 1. The van der Waals surface area contributed by atoms with Crippen LogP contribution in [0, 0.1) is 23.7 Å². The molecule has 0 radical (unpaired) electrons. The molecule has 1 aromatic heterocycles. The van der Waals surface area contributed by atoms with Gasteiger partial charge in [0, 0.05) is 45.0 Å². The fraction of sp³-hybridized carbons (Fsp3) is 0.857. The zero-order valence-corrected chi connectivity index (χ0v) is 34.9. The molecule has 0 aliphatic heterocycles. The summed E-state index contributed by atoms with van der Waals surface area (Å²) in [6.07, 6.45) is 8.40. The van der Waals surface area contributed by atoms with E-state index in [0.29, 0.717) is 25.3 Å². The van der Waals surface area contributed by atoms with Gasteiger partial charge >= 0.3 is 0 Å². The Morgan fingerprint density at radius 3 is 1.93 bits per heavy atom. The van der Waals surface area contributed by atoms with Crippen molar-refractivity contribution >= 4 is 25.0 Å². The minimum Gasteiger partial charge on any atom is -0.449 e. The molecular weight excluding hydrogens is 615 g/mol. The lowest BCUT2D eigenvalue weighted by atomic mass is 9.76. The van der Waals surface area contributed by atoms with E-state index < -0.39 is 25.0 Å².